The van der Waals surface area contributed by atoms with Gasteiger partial charge in [-0.05, 0) is 23.9 Å². The molecule has 4 nitrogen and oxygen atoms in total. The molecule has 1 heterocycles. The smallest absolute Gasteiger partial charge is 0.311 e. The predicted molar refractivity (Wildman–Crippen MR) is 103 cm³/mol. The van der Waals surface area contributed by atoms with Crippen molar-refractivity contribution in [1.82, 2.24) is 9.13 Å². The van der Waals surface area contributed by atoms with Crippen LogP contribution in [0.3, 0.4) is 0 Å². The van der Waals surface area contributed by atoms with Gasteiger partial charge in [0.1, 0.15) is 5.54 Å². The van der Waals surface area contributed by atoms with E-state index in [1.807, 2.05) is 18.4 Å². The van der Waals surface area contributed by atoms with Crippen LogP contribution in [0.1, 0.15) is 55.4 Å². The SMILES string of the molecule is CC1(C)C(=O)N([Si](C)(C)C(C)(C)C)C(=O)N1[Si](C)(C)C(C)(C)C. The molecule has 6 heteroatoms. The summed E-state index contributed by atoms with van der Waals surface area (Å²) in [4.78, 5) is 26.7. The number of imide groups is 1. The Morgan fingerprint density at radius 2 is 1.13 bits per heavy atom. The second-order valence-electron chi connectivity index (χ2n) is 10.4. The van der Waals surface area contributed by atoms with E-state index < -0.39 is 22.0 Å². The highest BCUT2D eigenvalue weighted by molar-refractivity contribution is 6.85. The Bertz CT molecular complexity index is 526. The van der Waals surface area contributed by atoms with E-state index in [4.69, 9.17) is 0 Å². The van der Waals surface area contributed by atoms with E-state index in [1.165, 1.54) is 0 Å². The number of hydrogen-bond donors (Lipinski definition) is 0. The number of hydrogen-bond acceptors (Lipinski definition) is 2. The zero-order valence-corrected chi connectivity index (χ0v) is 19.2. The van der Waals surface area contributed by atoms with Crippen molar-refractivity contribution in [3.05, 3.63) is 0 Å². The van der Waals surface area contributed by atoms with Gasteiger partial charge in [-0.2, -0.15) is 0 Å². The lowest BCUT2D eigenvalue weighted by atomic mass is 10.1. The predicted octanol–water partition coefficient (Wildman–Crippen LogP) is 5.04. The van der Waals surface area contributed by atoms with Crippen molar-refractivity contribution in [2.45, 2.75) is 97.2 Å². The molecule has 1 rings (SSSR count). The largest absolute Gasteiger partial charge is 0.339 e. The molecular weight excluding hydrogens is 320 g/mol. The molecule has 0 aliphatic carbocycles. The van der Waals surface area contributed by atoms with Crippen LogP contribution in [-0.4, -0.2) is 43.1 Å². The van der Waals surface area contributed by atoms with Gasteiger partial charge in [0, 0.05) is 0 Å². The maximum absolute atomic E-state index is 13.4. The van der Waals surface area contributed by atoms with Gasteiger partial charge in [-0.3, -0.25) is 9.36 Å². The Kier molecular flexibility index (Phi) is 4.60. The molecule has 134 valence electrons. The van der Waals surface area contributed by atoms with Gasteiger partial charge in [-0.25, -0.2) is 4.79 Å². The molecule has 0 radical (unpaired) electrons. The molecule has 0 N–H and O–H groups in total. The van der Waals surface area contributed by atoms with Gasteiger partial charge in [0.2, 0.25) is 5.91 Å². The van der Waals surface area contributed by atoms with Crippen molar-refractivity contribution >= 4 is 28.4 Å². The zero-order valence-electron chi connectivity index (χ0n) is 17.2. The van der Waals surface area contributed by atoms with Crippen LogP contribution in [0, 0.1) is 0 Å². The highest BCUT2D eigenvalue weighted by Crippen LogP contribution is 2.48. The molecule has 0 bridgehead atoms. The van der Waals surface area contributed by atoms with E-state index in [9.17, 15) is 9.59 Å². The molecule has 0 aromatic heterocycles. The van der Waals surface area contributed by atoms with Gasteiger partial charge >= 0.3 is 6.03 Å². The average Bonchev–Trinajstić information content (AvgIpc) is 2.42. The van der Waals surface area contributed by atoms with Gasteiger partial charge in [0.05, 0.1) is 0 Å². The third kappa shape index (κ3) is 2.82. The summed E-state index contributed by atoms with van der Waals surface area (Å²) in [6, 6.07) is -0.0572. The molecule has 1 saturated heterocycles. The summed E-state index contributed by atoms with van der Waals surface area (Å²) in [6.07, 6.45) is 0. The molecular formula is C17H36N2O2Si2. The van der Waals surface area contributed by atoms with E-state index in [0.717, 1.165) is 0 Å². The van der Waals surface area contributed by atoms with Crippen molar-refractivity contribution in [2.75, 3.05) is 0 Å². The average molecular weight is 357 g/mol. The number of rotatable bonds is 2. The summed E-state index contributed by atoms with van der Waals surface area (Å²) >= 11 is 0. The molecule has 23 heavy (non-hydrogen) atoms. The van der Waals surface area contributed by atoms with Gasteiger partial charge in [-0.15, -0.1) is 0 Å². The lowest BCUT2D eigenvalue weighted by Gasteiger charge is -2.48. The molecule has 0 spiro atoms. The quantitative estimate of drug-likeness (QED) is 0.514. The highest BCUT2D eigenvalue weighted by atomic mass is 28.3. The van der Waals surface area contributed by atoms with E-state index >= 15 is 0 Å². The fourth-order valence-electron chi connectivity index (χ4n) is 2.90. The first-order valence-electron chi connectivity index (χ1n) is 8.50. The van der Waals surface area contributed by atoms with Crippen LogP contribution < -0.4 is 0 Å². The van der Waals surface area contributed by atoms with Crippen molar-refractivity contribution in [3.8, 4) is 0 Å². The van der Waals surface area contributed by atoms with Gasteiger partial charge in [-0.1, -0.05) is 67.7 Å². The minimum atomic E-state index is -2.25. The van der Waals surface area contributed by atoms with E-state index in [0.29, 0.717) is 0 Å². The lowest BCUT2D eigenvalue weighted by Crippen LogP contribution is -2.63. The van der Waals surface area contributed by atoms with Crippen molar-refractivity contribution in [1.29, 1.82) is 0 Å². The van der Waals surface area contributed by atoms with Crippen molar-refractivity contribution in [2.24, 2.45) is 0 Å². The van der Waals surface area contributed by atoms with E-state index in [2.05, 4.69) is 67.7 Å². The van der Waals surface area contributed by atoms with Crippen molar-refractivity contribution < 1.29 is 9.59 Å². The molecule has 0 aromatic rings. The summed E-state index contributed by atoms with van der Waals surface area (Å²) in [5.74, 6) is -0.0149. The Balaban J connectivity index is 3.53. The first-order valence-corrected chi connectivity index (χ1v) is 14.4. The summed E-state index contributed by atoms with van der Waals surface area (Å²) in [5.41, 5.74) is -0.754. The maximum Gasteiger partial charge on any atom is 0.311 e. The Morgan fingerprint density at radius 3 is 1.43 bits per heavy atom. The Hall–Kier alpha value is -0.626. The number of nitrogens with zero attached hydrogens (tertiary/aromatic N) is 2. The fraction of sp³-hybridized carbons (Fsp3) is 0.882. The van der Waals surface area contributed by atoms with Gasteiger partial charge in [0.25, 0.3) is 0 Å². The van der Waals surface area contributed by atoms with Crippen LogP contribution in [-0.2, 0) is 4.79 Å². The summed E-state index contributed by atoms with van der Waals surface area (Å²) < 4.78 is 3.62. The molecule has 1 aliphatic heterocycles. The van der Waals surface area contributed by atoms with E-state index in [-0.39, 0.29) is 22.0 Å². The zero-order chi connectivity index (χ0) is 18.8. The lowest BCUT2D eigenvalue weighted by molar-refractivity contribution is -0.128. The van der Waals surface area contributed by atoms with Crippen LogP contribution in [0.25, 0.3) is 0 Å². The maximum atomic E-state index is 13.4. The second kappa shape index (κ2) is 5.18. The molecule has 0 aromatic carbocycles. The number of amides is 3. The van der Waals surface area contributed by atoms with Gasteiger partial charge < -0.3 is 4.57 Å². The Labute approximate surface area is 144 Å². The monoisotopic (exact) mass is 356 g/mol. The number of carbonyl (C=O) groups excluding carboxylic acids is 2. The second-order valence-corrected chi connectivity index (χ2v) is 20.6. The third-order valence-electron chi connectivity index (χ3n) is 6.46. The van der Waals surface area contributed by atoms with E-state index in [1.54, 1.807) is 4.57 Å². The number of urea groups is 1. The van der Waals surface area contributed by atoms with Gasteiger partial charge in [0.15, 0.2) is 16.5 Å². The summed E-state index contributed by atoms with van der Waals surface area (Å²) in [5, 5.41) is -0.0541. The molecule has 1 aliphatic rings. The van der Waals surface area contributed by atoms with Crippen molar-refractivity contribution in [3.63, 3.8) is 0 Å². The molecule has 3 amide bonds. The number of carbonyl (C=O) groups is 2. The Morgan fingerprint density at radius 1 is 0.783 bits per heavy atom. The molecule has 0 saturated carbocycles. The normalized spacial score (nSPS) is 20.5. The minimum absolute atomic E-state index is 0.00362. The summed E-state index contributed by atoms with van der Waals surface area (Å²) in [7, 11) is -4.40. The van der Waals surface area contributed by atoms with Crippen LogP contribution >= 0.6 is 0 Å². The minimum Gasteiger partial charge on any atom is -0.339 e. The molecule has 1 fully saturated rings. The highest BCUT2D eigenvalue weighted by Gasteiger charge is 2.63. The van der Waals surface area contributed by atoms with Crippen LogP contribution in [0.2, 0.25) is 36.3 Å². The first-order chi connectivity index (χ1) is 9.81. The van der Waals surface area contributed by atoms with Crippen LogP contribution in [0.4, 0.5) is 4.79 Å². The van der Waals surface area contributed by atoms with Crippen LogP contribution in [0.5, 0.6) is 0 Å². The van der Waals surface area contributed by atoms with Crippen LogP contribution in [0.15, 0.2) is 0 Å². The standard InChI is InChI=1S/C17H36N2O2Si2/c1-15(2,3)22(9,10)18-13(20)17(7,8)19(14(18)21)23(11,12)16(4,5)6/h1-12H3. The summed E-state index contributed by atoms with van der Waals surface area (Å²) in [6.45, 7) is 25.5. The molecule has 0 atom stereocenters. The fourth-order valence-corrected chi connectivity index (χ4v) is 7.77. The molecule has 0 unspecified atom stereocenters. The third-order valence-corrected chi connectivity index (χ3v) is 17.2. The topological polar surface area (TPSA) is 40.6 Å². The first kappa shape index (κ1) is 20.4.